The van der Waals surface area contributed by atoms with Gasteiger partial charge in [-0.2, -0.15) is 5.26 Å². The summed E-state index contributed by atoms with van der Waals surface area (Å²) in [6, 6.07) is 2.14. The van der Waals surface area contributed by atoms with Gasteiger partial charge in [0.1, 0.15) is 0 Å². The summed E-state index contributed by atoms with van der Waals surface area (Å²) in [6.45, 7) is 3.07. The lowest BCUT2D eigenvalue weighted by atomic mass is 10.1. The van der Waals surface area contributed by atoms with Crippen LogP contribution in [0.25, 0.3) is 0 Å². The first kappa shape index (κ1) is 14.7. The van der Waals surface area contributed by atoms with E-state index in [0.29, 0.717) is 32.6 Å². The molecule has 0 atom stereocenters. The Bertz CT molecular complexity index is 418. The van der Waals surface area contributed by atoms with Gasteiger partial charge < -0.3 is 4.74 Å². The number of sulfonamides is 1. The van der Waals surface area contributed by atoms with Crippen molar-refractivity contribution >= 4 is 10.0 Å². The number of piperidine rings is 1. The quantitative estimate of drug-likeness (QED) is 0.740. The summed E-state index contributed by atoms with van der Waals surface area (Å²) in [6.07, 6.45) is 2.74. The highest BCUT2D eigenvalue weighted by Crippen LogP contribution is 2.17. The zero-order chi connectivity index (χ0) is 13.7. The van der Waals surface area contributed by atoms with Gasteiger partial charge in [0.05, 0.1) is 17.9 Å². The summed E-state index contributed by atoms with van der Waals surface area (Å²) in [5.41, 5.74) is 0. The van der Waals surface area contributed by atoms with Gasteiger partial charge in [-0.05, 0) is 25.7 Å². The molecular weight excluding hydrogens is 266 g/mol. The van der Waals surface area contributed by atoms with E-state index >= 15 is 0 Å². The van der Waals surface area contributed by atoms with Crippen LogP contribution in [0.2, 0.25) is 0 Å². The van der Waals surface area contributed by atoms with Gasteiger partial charge in [0.2, 0.25) is 10.0 Å². The van der Waals surface area contributed by atoms with E-state index in [4.69, 9.17) is 10.00 Å². The molecule has 0 amide bonds. The number of likely N-dealkylation sites (tertiary alicyclic amines) is 1. The minimum absolute atomic E-state index is 0.0165. The summed E-state index contributed by atoms with van der Waals surface area (Å²) in [4.78, 5) is 2.05. The smallest absolute Gasteiger partial charge is 0.214 e. The Hall–Kier alpha value is -0.680. The SMILES string of the molecule is N#CCN1CCC(NS(=O)(=O)C2CCOCC2)CC1. The lowest BCUT2D eigenvalue weighted by molar-refractivity contribution is 0.0979. The van der Waals surface area contributed by atoms with Crippen LogP contribution >= 0.6 is 0 Å². The number of rotatable bonds is 4. The van der Waals surface area contributed by atoms with Gasteiger partial charge in [-0.3, -0.25) is 4.90 Å². The minimum atomic E-state index is -3.23. The highest BCUT2D eigenvalue weighted by Gasteiger charge is 2.31. The van der Waals surface area contributed by atoms with E-state index in [2.05, 4.69) is 15.7 Å². The molecule has 108 valence electrons. The fourth-order valence-corrected chi connectivity index (χ4v) is 4.33. The molecule has 0 aromatic rings. The van der Waals surface area contributed by atoms with Gasteiger partial charge in [-0.15, -0.1) is 0 Å². The third-order valence-corrected chi connectivity index (χ3v) is 5.83. The van der Waals surface area contributed by atoms with Crippen molar-refractivity contribution in [1.29, 1.82) is 5.26 Å². The Kier molecular flexibility index (Phi) is 5.16. The number of hydrogen-bond acceptors (Lipinski definition) is 5. The second-order valence-corrected chi connectivity index (χ2v) is 7.18. The van der Waals surface area contributed by atoms with Crippen molar-refractivity contribution in [3.05, 3.63) is 0 Å². The molecule has 2 aliphatic rings. The lowest BCUT2D eigenvalue weighted by Gasteiger charge is -2.32. The first-order valence-electron chi connectivity index (χ1n) is 6.80. The lowest BCUT2D eigenvalue weighted by Crippen LogP contribution is -2.48. The molecule has 2 heterocycles. The fourth-order valence-electron chi connectivity index (χ4n) is 2.62. The van der Waals surface area contributed by atoms with Crippen molar-refractivity contribution in [2.75, 3.05) is 32.8 Å². The van der Waals surface area contributed by atoms with E-state index in [0.717, 1.165) is 25.9 Å². The maximum absolute atomic E-state index is 12.2. The molecule has 0 aromatic heterocycles. The molecular formula is C12H21N3O3S. The largest absolute Gasteiger partial charge is 0.381 e. The van der Waals surface area contributed by atoms with Crippen molar-refractivity contribution in [3.8, 4) is 6.07 Å². The first-order chi connectivity index (χ1) is 9.12. The van der Waals surface area contributed by atoms with Crippen LogP contribution in [0.15, 0.2) is 0 Å². The molecule has 2 saturated heterocycles. The summed E-state index contributed by atoms with van der Waals surface area (Å²) in [5, 5.41) is 8.32. The average Bonchev–Trinajstić information content (AvgIpc) is 2.42. The molecule has 6 nitrogen and oxygen atoms in total. The second kappa shape index (κ2) is 6.66. The molecule has 19 heavy (non-hydrogen) atoms. The topological polar surface area (TPSA) is 82.4 Å². The first-order valence-corrected chi connectivity index (χ1v) is 8.34. The van der Waals surface area contributed by atoms with Gasteiger partial charge in [-0.25, -0.2) is 13.1 Å². The van der Waals surface area contributed by atoms with Crippen LogP contribution in [0.4, 0.5) is 0 Å². The third-order valence-electron chi connectivity index (χ3n) is 3.82. The van der Waals surface area contributed by atoms with Crippen molar-refractivity contribution in [1.82, 2.24) is 9.62 Å². The Morgan fingerprint density at radius 3 is 2.42 bits per heavy atom. The van der Waals surface area contributed by atoms with Crippen molar-refractivity contribution < 1.29 is 13.2 Å². The van der Waals surface area contributed by atoms with E-state index in [9.17, 15) is 8.42 Å². The molecule has 0 unspecified atom stereocenters. The molecule has 0 bridgehead atoms. The second-order valence-electron chi connectivity index (χ2n) is 5.18. The maximum atomic E-state index is 12.2. The number of nitriles is 1. The third kappa shape index (κ3) is 4.14. The van der Waals surface area contributed by atoms with E-state index in [-0.39, 0.29) is 11.3 Å². The van der Waals surface area contributed by atoms with E-state index < -0.39 is 10.0 Å². The highest BCUT2D eigenvalue weighted by atomic mass is 32.2. The molecule has 0 aliphatic carbocycles. The van der Waals surface area contributed by atoms with E-state index in [1.807, 2.05) is 0 Å². The van der Waals surface area contributed by atoms with Crippen LogP contribution in [-0.2, 0) is 14.8 Å². The number of nitrogens with one attached hydrogen (secondary N) is 1. The zero-order valence-electron chi connectivity index (χ0n) is 11.0. The molecule has 2 rings (SSSR count). The Labute approximate surface area is 114 Å². The average molecular weight is 287 g/mol. The number of nitrogens with zero attached hydrogens (tertiary/aromatic N) is 2. The summed E-state index contributed by atoms with van der Waals surface area (Å²) in [7, 11) is -3.23. The fraction of sp³-hybridized carbons (Fsp3) is 0.917. The predicted molar refractivity (Wildman–Crippen MR) is 71.0 cm³/mol. The van der Waals surface area contributed by atoms with Gasteiger partial charge in [0.15, 0.2) is 0 Å². The standard InChI is InChI=1S/C12H21N3O3S/c13-5-8-15-6-1-11(2-7-15)14-19(16,17)12-3-9-18-10-4-12/h11-12,14H,1-4,6-10H2. The van der Waals surface area contributed by atoms with Crippen molar-refractivity contribution in [2.45, 2.75) is 37.0 Å². The van der Waals surface area contributed by atoms with E-state index in [1.165, 1.54) is 0 Å². The Balaban J connectivity index is 1.82. The van der Waals surface area contributed by atoms with Crippen LogP contribution in [0, 0.1) is 11.3 Å². The molecule has 1 N–H and O–H groups in total. The molecule has 0 radical (unpaired) electrons. The minimum Gasteiger partial charge on any atom is -0.381 e. The molecule has 0 aromatic carbocycles. The van der Waals surface area contributed by atoms with Crippen LogP contribution in [-0.4, -0.2) is 57.5 Å². The number of hydrogen-bond donors (Lipinski definition) is 1. The monoisotopic (exact) mass is 287 g/mol. The summed E-state index contributed by atoms with van der Waals surface area (Å²) >= 11 is 0. The van der Waals surface area contributed by atoms with Gasteiger partial charge >= 0.3 is 0 Å². The van der Waals surface area contributed by atoms with Crippen LogP contribution in [0.3, 0.4) is 0 Å². The normalized spacial score (nSPS) is 24.2. The number of ether oxygens (including phenoxy) is 1. The molecule has 0 saturated carbocycles. The van der Waals surface area contributed by atoms with Crippen LogP contribution in [0.5, 0.6) is 0 Å². The molecule has 0 spiro atoms. The highest BCUT2D eigenvalue weighted by molar-refractivity contribution is 7.90. The van der Waals surface area contributed by atoms with Gasteiger partial charge in [-0.1, -0.05) is 0 Å². The Morgan fingerprint density at radius 2 is 1.84 bits per heavy atom. The van der Waals surface area contributed by atoms with E-state index in [1.54, 1.807) is 0 Å². The van der Waals surface area contributed by atoms with Crippen molar-refractivity contribution in [3.63, 3.8) is 0 Å². The molecule has 2 aliphatic heterocycles. The van der Waals surface area contributed by atoms with Gasteiger partial charge in [0, 0.05) is 32.3 Å². The zero-order valence-corrected chi connectivity index (χ0v) is 11.9. The summed E-state index contributed by atoms with van der Waals surface area (Å²) < 4.78 is 32.5. The van der Waals surface area contributed by atoms with Gasteiger partial charge in [0.25, 0.3) is 0 Å². The summed E-state index contributed by atoms with van der Waals surface area (Å²) in [5.74, 6) is 0. The van der Waals surface area contributed by atoms with Crippen LogP contribution in [0.1, 0.15) is 25.7 Å². The maximum Gasteiger partial charge on any atom is 0.214 e. The molecule has 2 fully saturated rings. The van der Waals surface area contributed by atoms with Crippen LogP contribution < -0.4 is 4.72 Å². The molecule has 7 heteroatoms. The Morgan fingerprint density at radius 1 is 1.21 bits per heavy atom. The van der Waals surface area contributed by atoms with Crippen molar-refractivity contribution in [2.24, 2.45) is 0 Å². The predicted octanol–water partition coefficient (Wildman–Crippen LogP) is 0.0728.